The smallest absolute Gasteiger partial charge is 0.338 e. The summed E-state index contributed by atoms with van der Waals surface area (Å²) < 4.78 is 28.8. The van der Waals surface area contributed by atoms with Crippen LogP contribution in [0.25, 0.3) is 0 Å². The number of aryl methyl sites for hydroxylation is 1. The van der Waals surface area contributed by atoms with E-state index in [-0.39, 0.29) is 28.3 Å². The third kappa shape index (κ3) is 3.44. The Labute approximate surface area is 160 Å². The van der Waals surface area contributed by atoms with Gasteiger partial charge in [0.1, 0.15) is 0 Å². The average Bonchev–Trinajstić information content (AvgIpc) is 2.57. The predicted octanol–water partition coefficient (Wildman–Crippen LogP) is 3.34. The molecule has 146 valence electrons. The van der Waals surface area contributed by atoms with E-state index in [1.807, 2.05) is 0 Å². The highest BCUT2D eigenvalue weighted by Crippen LogP contribution is 2.60. The molecule has 0 atom stereocenters. The molecule has 4 aliphatic rings. The molecular weight excluding hydrogens is 364 g/mol. The Morgan fingerprint density at radius 2 is 1.63 bits per heavy atom. The predicted molar refractivity (Wildman–Crippen MR) is 100 cm³/mol. The van der Waals surface area contributed by atoms with E-state index in [9.17, 15) is 18.0 Å². The molecule has 0 unspecified atom stereocenters. The fraction of sp³-hybridized carbons (Fsp3) is 0.619. The van der Waals surface area contributed by atoms with Gasteiger partial charge in [-0.1, -0.05) is 6.07 Å². The van der Waals surface area contributed by atoms with Crippen LogP contribution in [0.1, 0.15) is 54.4 Å². The van der Waals surface area contributed by atoms with Crippen molar-refractivity contribution in [2.45, 2.75) is 50.3 Å². The maximum Gasteiger partial charge on any atom is 0.338 e. The van der Waals surface area contributed by atoms with E-state index >= 15 is 0 Å². The van der Waals surface area contributed by atoms with E-state index in [2.05, 4.69) is 0 Å². The summed E-state index contributed by atoms with van der Waals surface area (Å²) in [6.07, 6.45) is 7.69. The molecule has 4 fully saturated rings. The zero-order chi connectivity index (χ0) is 19.4. The van der Waals surface area contributed by atoms with Crippen molar-refractivity contribution in [3.8, 4) is 0 Å². The number of benzene rings is 1. The number of ether oxygens (including phenoxy) is 1. The molecule has 0 spiro atoms. The van der Waals surface area contributed by atoms with Gasteiger partial charge in [0.05, 0.1) is 10.5 Å². The van der Waals surface area contributed by atoms with Crippen molar-refractivity contribution in [1.29, 1.82) is 0 Å². The van der Waals surface area contributed by atoms with Crippen molar-refractivity contribution < 1.29 is 22.7 Å². The highest BCUT2D eigenvalue weighted by Gasteiger charge is 2.54. The lowest BCUT2D eigenvalue weighted by Crippen LogP contribution is -2.51. The number of sulfone groups is 1. The molecule has 4 bridgehead atoms. The number of carbonyl (C=O) groups is 2. The third-order valence-electron chi connectivity index (χ3n) is 6.82. The van der Waals surface area contributed by atoms with Crippen molar-refractivity contribution in [1.82, 2.24) is 0 Å². The van der Waals surface area contributed by atoms with E-state index in [1.165, 1.54) is 31.4 Å². The lowest BCUT2D eigenvalue weighted by atomic mass is 9.48. The van der Waals surface area contributed by atoms with Gasteiger partial charge in [0, 0.05) is 11.7 Å². The molecule has 1 aromatic rings. The molecule has 4 aliphatic carbocycles. The zero-order valence-corrected chi connectivity index (χ0v) is 16.7. The highest BCUT2D eigenvalue weighted by atomic mass is 32.2. The molecule has 0 radical (unpaired) electrons. The van der Waals surface area contributed by atoms with Crippen LogP contribution in [0.15, 0.2) is 23.1 Å². The summed E-state index contributed by atoms with van der Waals surface area (Å²) >= 11 is 0. The van der Waals surface area contributed by atoms with Gasteiger partial charge in [0.2, 0.25) is 0 Å². The van der Waals surface area contributed by atoms with Crippen LogP contribution in [0.4, 0.5) is 0 Å². The Balaban J connectivity index is 1.46. The quantitative estimate of drug-likeness (QED) is 0.721. The molecule has 6 heteroatoms. The van der Waals surface area contributed by atoms with E-state index in [0.29, 0.717) is 23.3 Å². The number of carbonyl (C=O) groups excluding carboxylic acids is 2. The van der Waals surface area contributed by atoms with Crippen molar-refractivity contribution in [2.75, 3.05) is 12.9 Å². The summed E-state index contributed by atoms with van der Waals surface area (Å²) in [6, 6.07) is 4.40. The van der Waals surface area contributed by atoms with Gasteiger partial charge >= 0.3 is 5.97 Å². The fourth-order valence-corrected chi connectivity index (χ4v) is 6.51. The van der Waals surface area contributed by atoms with Crippen molar-refractivity contribution in [2.24, 2.45) is 23.2 Å². The van der Waals surface area contributed by atoms with Crippen LogP contribution < -0.4 is 0 Å². The SMILES string of the molecule is Cc1ccc(S(C)(=O)=O)cc1C(=O)OCC(=O)C12CC3CC(CC(C3)C1)C2. The zero-order valence-electron chi connectivity index (χ0n) is 15.9. The second kappa shape index (κ2) is 6.43. The standard InChI is InChI=1S/C21H26O5S/c1-13-3-4-17(27(2,24)25)8-18(13)20(23)26-12-19(22)21-9-14-5-15(10-21)7-16(6-14)11-21/h3-4,8,14-16H,5-7,9-12H2,1-2H3. The molecule has 1 aromatic carbocycles. The average molecular weight is 391 g/mol. The summed E-state index contributed by atoms with van der Waals surface area (Å²) in [4.78, 5) is 25.6. The Kier molecular flexibility index (Phi) is 4.45. The van der Waals surface area contributed by atoms with E-state index in [1.54, 1.807) is 13.0 Å². The van der Waals surface area contributed by atoms with E-state index in [4.69, 9.17) is 4.74 Å². The second-order valence-corrected chi connectivity index (χ2v) is 11.0. The van der Waals surface area contributed by atoms with Gasteiger partial charge in [-0.2, -0.15) is 0 Å². The molecule has 0 aliphatic heterocycles. The molecule has 0 amide bonds. The fourth-order valence-electron chi connectivity index (χ4n) is 5.87. The summed E-state index contributed by atoms with van der Waals surface area (Å²) in [5, 5.41) is 0. The summed E-state index contributed by atoms with van der Waals surface area (Å²) in [5.74, 6) is 1.39. The Bertz CT molecular complexity index is 864. The Hall–Kier alpha value is -1.69. The second-order valence-electron chi connectivity index (χ2n) is 8.95. The highest BCUT2D eigenvalue weighted by molar-refractivity contribution is 7.90. The minimum absolute atomic E-state index is 0.0480. The maximum atomic E-state index is 13.0. The van der Waals surface area contributed by atoms with Crippen LogP contribution >= 0.6 is 0 Å². The van der Waals surface area contributed by atoms with Crippen molar-refractivity contribution in [3.05, 3.63) is 29.3 Å². The molecule has 0 heterocycles. The molecule has 4 saturated carbocycles. The van der Waals surface area contributed by atoms with Crippen LogP contribution in [0.5, 0.6) is 0 Å². The minimum atomic E-state index is -3.41. The van der Waals surface area contributed by atoms with Gasteiger partial charge < -0.3 is 4.74 Å². The molecular formula is C21H26O5S. The van der Waals surface area contributed by atoms with Crippen molar-refractivity contribution in [3.63, 3.8) is 0 Å². The van der Waals surface area contributed by atoms with E-state index < -0.39 is 15.8 Å². The van der Waals surface area contributed by atoms with Gasteiger partial charge in [0.25, 0.3) is 0 Å². The molecule has 0 saturated heterocycles. The third-order valence-corrected chi connectivity index (χ3v) is 7.93. The molecule has 5 rings (SSSR count). The van der Waals surface area contributed by atoms with Gasteiger partial charge in [-0.3, -0.25) is 4.79 Å². The van der Waals surface area contributed by atoms with Gasteiger partial charge in [-0.25, -0.2) is 13.2 Å². The molecule has 0 aromatic heterocycles. The number of ketones is 1. The molecule has 27 heavy (non-hydrogen) atoms. The van der Waals surface area contributed by atoms with Gasteiger partial charge in [0.15, 0.2) is 22.2 Å². The Morgan fingerprint density at radius 1 is 1.07 bits per heavy atom. The maximum absolute atomic E-state index is 13.0. The number of hydrogen-bond acceptors (Lipinski definition) is 5. The van der Waals surface area contributed by atoms with Crippen LogP contribution in [0, 0.1) is 30.1 Å². The Morgan fingerprint density at radius 3 is 2.15 bits per heavy atom. The number of hydrogen-bond donors (Lipinski definition) is 0. The minimum Gasteiger partial charge on any atom is -0.454 e. The first-order valence-electron chi connectivity index (χ1n) is 9.67. The first-order chi connectivity index (χ1) is 12.7. The van der Waals surface area contributed by atoms with Crippen LogP contribution in [-0.4, -0.2) is 33.0 Å². The summed E-state index contributed by atoms with van der Waals surface area (Å²) in [6.45, 7) is 1.51. The van der Waals surface area contributed by atoms with Crippen LogP contribution in [-0.2, 0) is 19.4 Å². The topological polar surface area (TPSA) is 77.5 Å². The van der Waals surface area contributed by atoms with Gasteiger partial charge in [-0.15, -0.1) is 0 Å². The first-order valence-corrected chi connectivity index (χ1v) is 11.6. The molecule has 5 nitrogen and oxygen atoms in total. The van der Waals surface area contributed by atoms with Crippen LogP contribution in [0.3, 0.4) is 0 Å². The number of rotatable bonds is 5. The van der Waals surface area contributed by atoms with Gasteiger partial charge in [-0.05, 0) is 80.9 Å². The number of Topliss-reactive ketones (excluding diaryl/α,β-unsaturated/α-hetero) is 1. The number of esters is 1. The van der Waals surface area contributed by atoms with Crippen LogP contribution in [0.2, 0.25) is 0 Å². The monoisotopic (exact) mass is 390 g/mol. The van der Waals surface area contributed by atoms with E-state index in [0.717, 1.165) is 25.5 Å². The summed E-state index contributed by atoms with van der Waals surface area (Å²) in [7, 11) is -3.41. The van der Waals surface area contributed by atoms with Crippen molar-refractivity contribution >= 4 is 21.6 Å². The lowest BCUT2D eigenvalue weighted by Gasteiger charge is -2.55. The normalized spacial score (nSPS) is 31.7. The first kappa shape index (κ1) is 18.7. The largest absolute Gasteiger partial charge is 0.454 e. The lowest BCUT2D eigenvalue weighted by molar-refractivity contribution is -0.147. The summed E-state index contributed by atoms with van der Waals surface area (Å²) in [5.41, 5.74) is 0.546. The molecule has 0 N–H and O–H groups in total.